The summed E-state index contributed by atoms with van der Waals surface area (Å²) in [5, 5.41) is 10.6. The SMILES string of the molecule is NC(=S)c1ccnnc1NCc1ccccc1F. The van der Waals surface area contributed by atoms with Crippen molar-refractivity contribution in [2.75, 3.05) is 5.32 Å². The Kier molecular flexibility index (Phi) is 3.78. The highest BCUT2D eigenvalue weighted by molar-refractivity contribution is 7.80. The minimum atomic E-state index is -0.272. The Bertz CT molecular complexity index is 574. The van der Waals surface area contributed by atoms with Gasteiger partial charge in [-0.3, -0.25) is 0 Å². The van der Waals surface area contributed by atoms with E-state index in [0.29, 0.717) is 23.5 Å². The van der Waals surface area contributed by atoms with Crippen molar-refractivity contribution in [3.05, 3.63) is 53.5 Å². The first-order chi connectivity index (χ1) is 8.68. The number of benzene rings is 1. The van der Waals surface area contributed by atoms with Crippen molar-refractivity contribution < 1.29 is 4.39 Å². The number of hydrogen-bond acceptors (Lipinski definition) is 4. The quantitative estimate of drug-likeness (QED) is 0.823. The van der Waals surface area contributed by atoms with Crippen LogP contribution in [0.15, 0.2) is 36.5 Å². The van der Waals surface area contributed by atoms with E-state index in [0.717, 1.165) is 0 Å². The molecule has 1 aromatic heterocycles. The van der Waals surface area contributed by atoms with Gasteiger partial charge in [-0.05, 0) is 12.1 Å². The number of anilines is 1. The van der Waals surface area contributed by atoms with Crippen molar-refractivity contribution >= 4 is 23.0 Å². The Morgan fingerprint density at radius 1 is 1.33 bits per heavy atom. The average Bonchev–Trinajstić information content (AvgIpc) is 2.38. The molecule has 92 valence electrons. The van der Waals surface area contributed by atoms with Crippen molar-refractivity contribution in [2.24, 2.45) is 5.73 Å². The van der Waals surface area contributed by atoms with Gasteiger partial charge in [0.2, 0.25) is 0 Å². The van der Waals surface area contributed by atoms with E-state index in [1.54, 1.807) is 24.3 Å². The minimum absolute atomic E-state index is 0.223. The molecule has 1 aromatic carbocycles. The van der Waals surface area contributed by atoms with Gasteiger partial charge < -0.3 is 11.1 Å². The lowest BCUT2D eigenvalue weighted by Gasteiger charge is -2.09. The first-order valence-electron chi connectivity index (χ1n) is 5.27. The fourth-order valence-electron chi connectivity index (χ4n) is 1.48. The third-order valence-corrected chi connectivity index (χ3v) is 2.61. The molecule has 4 nitrogen and oxygen atoms in total. The van der Waals surface area contributed by atoms with E-state index < -0.39 is 0 Å². The van der Waals surface area contributed by atoms with E-state index in [4.69, 9.17) is 18.0 Å². The molecule has 2 aromatic rings. The summed E-state index contributed by atoms with van der Waals surface area (Å²) in [4.78, 5) is 0.223. The molecule has 2 rings (SSSR count). The highest BCUT2D eigenvalue weighted by atomic mass is 32.1. The van der Waals surface area contributed by atoms with E-state index >= 15 is 0 Å². The highest BCUT2D eigenvalue weighted by Gasteiger charge is 2.07. The summed E-state index contributed by atoms with van der Waals surface area (Å²) < 4.78 is 13.4. The Hall–Kier alpha value is -2.08. The van der Waals surface area contributed by atoms with Gasteiger partial charge >= 0.3 is 0 Å². The molecule has 0 aliphatic rings. The smallest absolute Gasteiger partial charge is 0.159 e. The van der Waals surface area contributed by atoms with Crippen molar-refractivity contribution in [1.29, 1.82) is 0 Å². The predicted octanol–water partition coefficient (Wildman–Crippen LogP) is 1.86. The van der Waals surface area contributed by atoms with Crippen molar-refractivity contribution in [3.8, 4) is 0 Å². The summed E-state index contributed by atoms with van der Waals surface area (Å²) in [6, 6.07) is 8.17. The molecular formula is C12H11FN4S. The molecular weight excluding hydrogens is 251 g/mol. The molecule has 0 aliphatic heterocycles. The molecule has 0 unspecified atom stereocenters. The molecule has 6 heteroatoms. The number of halogens is 1. The normalized spacial score (nSPS) is 10.1. The van der Waals surface area contributed by atoms with E-state index in [1.807, 2.05) is 0 Å². The van der Waals surface area contributed by atoms with Crippen LogP contribution in [0.5, 0.6) is 0 Å². The second-order valence-electron chi connectivity index (χ2n) is 3.60. The van der Waals surface area contributed by atoms with E-state index in [-0.39, 0.29) is 10.8 Å². The summed E-state index contributed by atoms with van der Waals surface area (Å²) in [7, 11) is 0. The fourth-order valence-corrected chi connectivity index (χ4v) is 1.65. The number of aromatic nitrogens is 2. The summed E-state index contributed by atoms with van der Waals surface area (Å²) in [5.41, 5.74) is 6.70. The highest BCUT2D eigenvalue weighted by Crippen LogP contribution is 2.13. The van der Waals surface area contributed by atoms with Crippen LogP contribution in [-0.2, 0) is 6.54 Å². The molecule has 0 saturated heterocycles. The third-order valence-electron chi connectivity index (χ3n) is 2.39. The summed E-state index contributed by atoms with van der Waals surface area (Å²) >= 11 is 4.90. The zero-order valence-corrected chi connectivity index (χ0v) is 10.2. The zero-order valence-electron chi connectivity index (χ0n) is 9.43. The largest absolute Gasteiger partial charge is 0.389 e. The maximum absolute atomic E-state index is 13.4. The molecule has 3 N–H and O–H groups in total. The van der Waals surface area contributed by atoms with Crippen LogP contribution < -0.4 is 11.1 Å². The Morgan fingerprint density at radius 2 is 2.11 bits per heavy atom. The van der Waals surface area contributed by atoms with Crippen molar-refractivity contribution in [3.63, 3.8) is 0 Å². The molecule has 0 saturated carbocycles. The Balaban J connectivity index is 2.16. The Labute approximate surface area is 109 Å². The zero-order chi connectivity index (χ0) is 13.0. The van der Waals surface area contributed by atoms with Crippen LogP contribution in [0.1, 0.15) is 11.1 Å². The van der Waals surface area contributed by atoms with Crippen LogP contribution in [0.25, 0.3) is 0 Å². The van der Waals surface area contributed by atoms with Crippen LogP contribution in [-0.4, -0.2) is 15.2 Å². The number of rotatable bonds is 4. The maximum Gasteiger partial charge on any atom is 0.159 e. The van der Waals surface area contributed by atoms with Gasteiger partial charge in [0.15, 0.2) is 5.82 Å². The first kappa shape index (κ1) is 12.4. The van der Waals surface area contributed by atoms with Gasteiger partial charge in [-0.2, -0.15) is 5.10 Å². The molecule has 0 radical (unpaired) electrons. The van der Waals surface area contributed by atoms with Gasteiger partial charge in [0.1, 0.15) is 10.8 Å². The average molecular weight is 262 g/mol. The molecule has 0 bridgehead atoms. The standard InChI is InChI=1S/C12H11FN4S/c13-10-4-2-1-3-8(10)7-15-12-9(11(14)18)5-6-16-17-12/h1-6H,7H2,(H2,14,18)(H,15,17). The second-order valence-corrected chi connectivity index (χ2v) is 4.04. The molecule has 0 fully saturated rings. The lowest BCUT2D eigenvalue weighted by atomic mass is 10.2. The monoisotopic (exact) mass is 262 g/mol. The molecule has 0 aliphatic carbocycles. The molecule has 0 atom stereocenters. The molecule has 18 heavy (non-hydrogen) atoms. The van der Waals surface area contributed by atoms with Crippen LogP contribution in [0.2, 0.25) is 0 Å². The van der Waals surface area contributed by atoms with Crippen LogP contribution in [0, 0.1) is 5.82 Å². The lowest BCUT2D eigenvalue weighted by molar-refractivity contribution is 0.613. The minimum Gasteiger partial charge on any atom is -0.389 e. The van der Waals surface area contributed by atoms with Crippen LogP contribution >= 0.6 is 12.2 Å². The van der Waals surface area contributed by atoms with Gasteiger partial charge in [-0.1, -0.05) is 30.4 Å². The van der Waals surface area contributed by atoms with Gasteiger partial charge in [0, 0.05) is 12.1 Å². The number of nitrogens with two attached hydrogens (primary N) is 1. The predicted molar refractivity (Wildman–Crippen MR) is 71.6 cm³/mol. The Morgan fingerprint density at radius 3 is 2.83 bits per heavy atom. The summed E-state index contributed by atoms with van der Waals surface area (Å²) in [5.74, 6) is 0.180. The number of hydrogen-bond donors (Lipinski definition) is 2. The van der Waals surface area contributed by atoms with Gasteiger partial charge in [-0.25, -0.2) is 4.39 Å². The summed E-state index contributed by atoms with van der Waals surface area (Å²) in [6.07, 6.45) is 1.50. The van der Waals surface area contributed by atoms with E-state index in [1.165, 1.54) is 12.3 Å². The topological polar surface area (TPSA) is 63.8 Å². The first-order valence-corrected chi connectivity index (χ1v) is 5.68. The lowest BCUT2D eigenvalue weighted by Crippen LogP contribution is -2.15. The van der Waals surface area contributed by atoms with Crippen molar-refractivity contribution in [1.82, 2.24) is 10.2 Å². The third kappa shape index (κ3) is 2.78. The maximum atomic E-state index is 13.4. The van der Waals surface area contributed by atoms with Gasteiger partial charge in [0.05, 0.1) is 11.8 Å². The number of nitrogens with zero attached hydrogens (tertiary/aromatic N) is 2. The molecule has 0 amide bonds. The fraction of sp³-hybridized carbons (Fsp3) is 0.0833. The number of thiocarbonyl (C=S) groups is 1. The molecule has 1 heterocycles. The van der Waals surface area contributed by atoms with Gasteiger partial charge in [-0.15, -0.1) is 5.10 Å². The summed E-state index contributed by atoms with van der Waals surface area (Å²) in [6.45, 7) is 0.293. The van der Waals surface area contributed by atoms with Gasteiger partial charge in [0.25, 0.3) is 0 Å². The second kappa shape index (κ2) is 5.50. The molecule has 0 spiro atoms. The number of nitrogens with one attached hydrogen (secondary N) is 1. The van der Waals surface area contributed by atoms with Crippen molar-refractivity contribution in [2.45, 2.75) is 6.54 Å². The van der Waals surface area contributed by atoms with E-state index in [9.17, 15) is 4.39 Å². The van der Waals surface area contributed by atoms with Crippen LogP contribution in [0.4, 0.5) is 10.2 Å². The van der Waals surface area contributed by atoms with E-state index in [2.05, 4.69) is 15.5 Å². The van der Waals surface area contributed by atoms with Crippen LogP contribution in [0.3, 0.4) is 0 Å².